The molecular formula is C14H17NO3. The van der Waals surface area contributed by atoms with Gasteiger partial charge in [0.25, 0.3) is 0 Å². The van der Waals surface area contributed by atoms with Crippen LogP contribution in [0.3, 0.4) is 0 Å². The van der Waals surface area contributed by atoms with Gasteiger partial charge in [0.05, 0.1) is 0 Å². The molecule has 0 saturated heterocycles. The third kappa shape index (κ3) is 5.84. The number of benzene rings is 1. The van der Waals surface area contributed by atoms with Gasteiger partial charge in [-0.3, -0.25) is 9.59 Å². The van der Waals surface area contributed by atoms with Crippen LogP contribution in [0.2, 0.25) is 0 Å². The van der Waals surface area contributed by atoms with Crippen LogP contribution in [0.25, 0.3) is 6.08 Å². The monoisotopic (exact) mass is 247 g/mol. The van der Waals surface area contributed by atoms with E-state index in [1.165, 1.54) is 6.08 Å². The van der Waals surface area contributed by atoms with Gasteiger partial charge < -0.3 is 10.4 Å². The summed E-state index contributed by atoms with van der Waals surface area (Å²) < 4.78 is 0. The van der Waals surface area contributed by atoms with Crippen LogP contribution in [0.5, 0.6) is 0 Å². The zero-order chi connectivity index (χ0) is 13.4. The molecule has 1 amide bonds. The molecule has 0 bridgehead atoms. The first kappa shape index (κ1) is 14.0. The Hall–Kier alpha value is -2.10. The van der Waals surface area contributed by atoms with E-state index in [1.807, 2.05) is 30.3 Å². The lowest BCUT2D eigenvalue weighted by Gasteiger charge is -2.10. The first-order chi connectivity index (χ1) is 8.58. The minimum atomic E-state index is -0.851. The Morgan fingerprint density at radius 3 is 2.61 bits per heavy atom. The smallest absolute Gasteiger partial charge is 0.303 e. The first-order valence-electron chi connectivity index (χ1n) is 5.83. The molecular weight excluding hydrogens is 230 g/mol. The largest absolute Gasteiger partial charge is 0.481 e. The van der Waals surface area contributed by atoms with Crippen molar-refractivity contribution in [1.29, 1.82) is 0 Å². The fourth-order valence-electron chi connectivity index (χ4n) is 1.44. The Morgan fingerprint density at radius 1 is 1.33 bits per heavy atom. The number of amides is 1. The summed E-state index contributed by atoms with van der Waals surface area (Å²) in [5.74, 6) is -1.06. The highest BCUT2D eigenvalue weighted by Gasteiger charge is 2.06. The second kappa shape index (κ2) is 7.27. The molecule has 0 radical (unpaired) electrons. The summed E-state index contributed by atoms with van der Waals surface area (Å²) in [7, 11) is 0. The Morgan fingerprint density at radius 2 is 2.00 bits per heavy atom. The number of carboxylic acids is 1. The molecule has 0 fully saturated rings. The Bertz CT molecular complexity index is 426. The van der Waals surface area contributed by atoms with Crippen LogP contribution in [0.1, 0.15) is 25.3 Å². The number of hydrogen-bond donors (Lipinski definition) is 2. The molecule has 0 aliphatic rings. The van der Waals surface area contributed by atoms with Gasteiger partial charge in [-0.15, -0.1) is 0 Å². The maximum atomic E-state index is 11.5. The summed E-state index contributed by atoms with van der Waals surface area (Å²) in [4.78, 5) is 21.9. The lowest BCUT2D eigenvalue weighted by molar-refractivity contribution is -0.137. The number of hydrogen-bond acceptors (Lipinski definition) is 2. The predicted molar refractivity (Wildman–Crippen MR) is 70.0 cm³/mol. The maximum Gasteiger partial charge on any atom is 0.303 e. The molecule has 4 heteroatoms. The molecule has 1 aromatic rings. The summed E-state index contributed by atoms with van der Waals surface area (Å²) in [6, 6.07) is 9.36. The molecule has 1 aromatic carbocycles. The lowest BCUT2D eigenvalue weighted by atomic mass is 10.2. The van der Waals surface area contributed by atoms with Crippen LogP contribution in [-0.4, -0.2) is 23.0 Å². The van der Waals surface area contributed by atoms with Gasteiger partial charge in [0.1, 0.15) is 0 Å². The topological polar surface area (TPSA) is 66.4 Å². The normalized spacial score (nSPS) is 12.3. The molecule has 0 aliphatic carbocycles. The van der Waals surface area contributed by atoms with Crippen molar-refractivity contribution in [2.24, 2.45) is 0 Å². The van der Waals surface area contributed by atoms with Crippen LogP contribution in [0.15, 0.2) is 36.4 Å². The van der Waals surface area contributed by atoms with Gasteiger partial charge in [-0.25, -0.2) is 0 Å². The van der Waals surface area contributed by atoms with Gasteiger partial charge in [0.15, 0.2) is 0 Å². The van der Waals surface area contributed by atoms with Gasteiger partial charge in [-0.2, -0.15) is 0 Å². The van der Waals surface area contributed by atoms with Gasteiger partial charge in [0.2, 0.25) is 5.91 Å². The maximum absolute atomic E-state index is 11.5. The van der Waals surface area contributed by atoms with Crippen LogP contribution < -0.4 is 5.32 Å². The van der Waals surface area contributed by atoms with Crippen molar-refractivity contribution in [3.05, 3.63) is 42.0 Å². The molecule has 4 nitrogen and oxygen atoms in total. The van der Waals surface area contributed by atoms with Crippen molar-refractivity contribution >= 4 is 18.0 Å². The summed E-state index contributed by atoms with van der Waals surface area (Å²) in [6.07, 6.45) is 3.66. The van der Waals surface area contributed by atoms with E-state index in [2.05, 4.69) is 5.32 Å². The fraction of sp³-hybridized carbons (Fsp3) is 0.286. The van der Waals surface area contributed by atoms with E-state index in [9.17, 15) is 9.59 Å². The summed E-state index contributed by atoms with van der Waals surface area (Å²) in [6.45, 7) is 1.79. The van der Waals surface area contributed by atoms with Gasteiger partial charge in [-0.05, 0) is 25.0 Å². The van der Waals surface area contributed by atoms with E-state index in [-0.39, 0.29) is 18.4 Å². The first-order valence-corrected chi connectivity index (χ1v) is 5.83. The molecule has 0 heterocycles. The zero-order valence-corrected chi connectivity index (χ0v) is 10.3. The molecule has 1 unspecified atom stereocenters. The predicted octanol–water partition coefficient (Wildman–Crippen LogP) is 2.07. The van der Waals surface area contributed by atoms with Crippen molar-refractivity contribution in [2.45, 2.75) is 25.8 Å². The second-order valence-corrected chi connectivity index (χ2v) is 4.09. The van der Waals surface area contributed by atoms with Gasteiger partial charge in [0, 0.05) is 18.5 Å². The van der Waals surface area contributed by atoms with Crippen LogP contribution in [0, 0.1) is 0 Å². The molecule has 2 N–H and O–H groups in total. The van der Waals surface area contributed by atoms with E-state index < -0.39 is 5.97 Å². The van der Waals surface area contributed by atoms with Gasteiger partial charge in [-0.1, -0.05) is 30.3 Å². The average molecular weight is 247 g/mol. The number of carbonyl (C=O) groups excluding carboxylic acids is 1. The molecule has 1 atom stereocenters. The van der Waals surface area contributed by atoms with Crippen molar-refractivity contribution in [2.75, 3.05) is 0 Å². The van der Waals surface area contributed by atoms with Crippen LogP contribution >= 0.6 is 0 Å². The molecule has 1 rings (SSSR count). The van der Waals surface area contributed by atoms with Crippen molar-refractivity contribution < 1.29 is 14.7 Å². The lowest BCUT2D eigenvalue weighted by Crippen LogP contribution is -2.31. The summed E-state index contributed by atoms with van der Waals surface area (Å²) in [5, 5.41) is 11.2. The molecule has 0 saturated carbocycles. The highest BCUT2D eigenvalue weighted by atomic mass is 16.4. The van der Waals surface area contributed by atoms with Crippen molar-refractivity contribution in [3.8, 4) is 0 Å². The molecule has 0 aliphatic heterocycles. The highest BCUT2D eigenvalue weighted by molar-refractivity contribution is 5.91. The highest BCUT2D eigenvalue weighted by Crippen LogP contribution is 2.01. The van der Waals surface area contributed by atoms with Gasteiger partial charge >= 0.3 is 5.97 Å². The molecule has 0 aromatic heterocycles. The second-order valence-electron chi connectivity index (χ2n) is 4.09. The van der Waals surface area contributed by atoms with E-state index in [0.29, 0.717) is 6.42 Å². The molecule has 18 heavy (non-hydrogen) atoms. The number of rotatable bonds is 6. The number of nitrogens with one attached hydrogen (secondary N) is 1. The number of aliphatic carboxylic acids is 1. The fourth-order valence-corrected chi connectivity index (χ4v) is 1.44. The minimum Gasteiger partial charge on any atom is -0.481 e. The number of carboxylic acid groups (broad SMARTS) is 1. The van der Waals surface area contributed by atoms with E-state index in [4.69, 9.17) is 5.11 Å². The van der Waals surface area contributed by atoms with E-state index in [1.54, 1.807) is 13.0 Å². The third-order valence-corrected chi connectivity index (χ3v) is 2.41. The summed E-state index contributed by atoms with van der Waals surface area (Å²) >= 11 is 0. The Balaban J connectivity index is 2.37. The van der Waals surface area contributed by atoms with Crippen LogP contribution in [0.4, 0.5) is 0 Å². The van der Waals surface area contributed by atoms with Crippen LogP contribution in [-0.2, 0) is 9.59 Å². The molecule has 96 valence electrons. The van der Waals surface area contributed by atoms with Crippen molar-refractivity contribution in [3.63, 3.8) is 0 Å². The minimum absolute atomic E-state index is 0.0594. The van der Waals surface area contributed by atoms with E-state index >= 15 is 0 Å². The van der Waals surface area contributed by atoms with Crippen molar-refractivity contribution in [1.82, 2.24) is 5.32 Å². The average Bonchev–Trinajstić information content (AvgIpc) is 2.35. The molecule has 0 spiro atoms. The standard InChI is InChI=1S/C14H17NO3/c1-11(7-10-14(17)18)15-13(16)9-8-12-5-3-2-4-6-12/h2-6,8-9,11H,7,10H2,1H3,(H,15,16)(H,17,18). The quantitative estimate of drug-likeness (QED) is 0.756. The third-order valence-electron chi connectivity index (χ3n) is 2.41. The summed E-state index contributed by atoms with van der Waals surface area (Å²) in [5.41, 5.74) is 0.950. The SMILES string of the molecule is CC(CCC(=O)O)NC(=O)C=Cc1ccccc1. The Kier molecular flexibility index (Phi) is 5.64. The number of carbonyl (C=O) groups is 2. The Labute approximate surface area is 106 Å². The zero-order valence-electron chi connectivity index (χ0n) is 10.3. The van der Waals surface area contributed by atoms with E-state index in [0.717, 1.165) is 5.56 Å².